The Kier molecular flexibility index (Phi) is 6.14. The van der Waals surface area contributed by atoms with Crippen LogP contribution in [0.1, 0.15) is 17.3 Å². The highest BCUT2D eigenvalue weighted by molar-refractivity contribution is 9.10. The molecular weight excluding hydrogens is 430 g/mol. The fourth-order valence-corrected chi connectivity index (χ4v) is 3.43. The minimum Gasteiger partial charge on any atom is -0.497 e. The van der Waals surface area contributed by atoms with Crippen molar-refractivity contribution in [3.8, 4) is 28.1 Å². The van der Waals surface area contributed by atoms with Crippen LogP contribution in [-0.2, 0) is 4.74 Å². The minimum atomic E-state index is -0.458. The lowest BCUT2D eigenvalue weighted by Crippen LogP contribution is -2.06. The van der Waals surface area contributed by atoms with Crippen LogP contribution in [0.15, 0.2) is 59.2 Å². The van der Waals surface area contributed by atoms with E-state index >= 15 is 0 Å². The van der Waals surface area contributed by atoms with Gasteiger partial charge in [0.15, 0.2) is 0 Å². The Labute approximate surface area is 171 Å². The summed E-state index contributed by atoms with van der Waals surface area (Å²) in [7, 11) is 1.64. The van der Waals surface area contributed by atoms with Crippen molar-refractivity contribution < 1.29 is 14.3 Å². The highest BCUT2D eigenvalue weighted by Crippen LogP contribution is 2.33. The second-order valence-electron chi connectivity index (χ2n) is 5.69. The van der Waals surface area contributed by atoms with Crippen molar-refractivity contribution in [1.82, 2.24) is 4.98 Å². The molecule has 1 aromatic heterocycles. The summed E-state index contributed by atoms with van der Waals surface area (Å²) in [5.74, 6) is 0.350. The molecule has 2 aromatic carbocycles. The molecule has 4 nitrogen and oxygen atoms in total. The van der Waals surface area contributed by atoms with Gasteiger partial charge in [0.2, 0.25) is 0 Å². The largest absolute Gasteiger partial charge is 0.497 e. The van der Waals surface area contributed by atoms with Crippen LogP contribution in [0.3, 0.4) is 0 Å². The molecule has 1 heterocycles. The predicted octanol–water partition coefficient (Wildman–Crippen LogP) is 6.02. The van der Waals surface area contributed by atoms with E-state index in [1.165, 1.54) is 6.20 Å². The van der Waals surface area contributed by atoms with Gasteiger partial charge >= 0.3 is 5.97 Å². The molecular formula is C21H17BrClNO3. The zero-order valence-corrected chi connectivity index (χ0v) is 17.2. The highest BCUT2D eigenvalue weighted by atomic mass is 79.9. The third-order valence-corrected chi connectivity index (χ3v) is 4.97. The summed E-state index contributed by atoms with van der Waals surface area (Å²) in [5.41, 5.74) is 3.91. The molecule has 0 aliphatic rings. The average Bonchev–Trinajstić information content (AvgIpc) is 2.68. The van der Waals surface area contributed by atoms with Gasteiger partial charge in [0, 0.05) is 16.2 Å². The Hall–Kier alpha value is -2.37. The number of carbonyl (C=O) groups is 1. The summed E-state index contributed by atoms with van der Waals surface area (Å²) in [6, 6.07) is 15.4. The summed E-state index contributed by atoms with van der Waals surface area (Å²) in [6.07, 6.45) is 1.47. The van der Waals surface area contributed by atoms with E-state index in [9.17, 15) is 4.79 Å². The molecule has 0 bridgehead atoms. The lowest BCUT2D eigenvalue weighted by atomic mass is 10.0. The normalized spacial score (nSPS) is 10.5. The van der Waals surface area contributed by atoms with Crippen LogP contribution in [0.4, 0.5) is 0 Å². The molecule has 0 atom stereocenters. The van der Waals surface area contributed by atoms with Gasteiger partial charge in [-0.15, -0.1) is 0 Å². The van der Waals surface area contributed by atoms with Crippen LogP contribution in [0.2, 0.25) is 5.02 Å². The van der Waals surface area contributed by atoms with E-state index in [0.29, 0.717) is 11.3 Å². The highest BCUT2D eigenvalue weighted by Gasteiger charge is 2.15. The van der Waals surface area contributed by atoms with Crippen LogP contribution in [0.25, 0.3) is 22.4 Å². The van der Waals surface area contributed by atoms with E-state index in [1.54, 1.807) is 20.1 Å². The Morgan fingerprint density at radius 3 is 2.44 bits per heavy atom. The van der Waals surface area contributed by atoms with E-state index in [4.69, 9.17) is 21.1 Å². The third kappa shape index (κ3) is 4.31. The van der Waals surface area contributed by atoms with Crippen molar-refractivity contribution in [3.63, 3.8) is 0 Å². The van der Waals surface area contributed by atoms with E-state index in [0.717, 1.165) is 26.9 Å². The maximum atomic E-state index is 12.1. The summed E-state index contributed by atoms with van der Waals surface area (Å²) < 4.78 is 11.2. The van der Waals surface area contributed by atoms with Crippen LogP contribution in [0, 0.1) is 0 Å². The molecule has 0 aliphatic heterocycles. The smallest absolute Gasteiger partial charge is 0.339 e. The number of ether oxygens (including phenoxy) is 2. The van der Waals surface area contributed by atoms with E-state index in [-0.39, 0.29) is 11.6 Å². The molecule has 0 spiro atoms. The Bertz CT molecular complexity index is 974. The van der Waals surface area contributed by atoms with Crippen molar-refractivity contribution >= 4 is 33.5 Å². The summed E-state index contributed by atoms with van der Waals surface area (Å²) in [6.45, 7) is 2.04. The molecule has 138 valence electrons. The Morgan fingerprint density at radius 1 is 1.11 bits per heavy atom. The Balaban J connectivity index is 1.95. The first-order valence-electron chi connectivity index (χ1n) is 8.30. The second kappa shape index (κ2) is 8.55. The molecule has 0 saturated carbocycles. The van der Waals surface area contributed by atoms with Crippen molar-refractivity contribution in [2.24, 2.45) is 0 Å². The number of benzene rings is 2. The summed E-state index contributed by atoms with van der Waals surface area (Å²) in [4.78, 5) is 16.4. The molecule has 0 saturated heterocycles. The van der Waals surface area contributed by atoms with Crippen molar-refractivity contribution in [1.29, 1.82) is 0 Å². The number of pyridine rings is 1. The van der Waals surface area contributed by atoms with Gasteiger partial charge in [-0.3, -0.25) is 4.98 Å². The van der Waals surface area contributed by atoms with Gasteiger partial charge in [-0.05, 0) is 42.3 Å². The molecule has 27 heavy (non-hydrogen) atoms. The number of carbonyl (C=O) groups excluding carboxylic acids is 1. The zero-order chi connectivity index (χ0) is 19.4. The number of methoxy groups -OCH3 is 1. The fraction of sp³-hybridized carbons (Fsp3) is 0.143. The van der Waals surface area contributed by atoms with Crippen LogP contribution in [-0.4, -0.2) is 24.7 Å². The summed E-state index contributed by atoms with van der Waals surface area (Å²) >= 11 is 9.72. The fourth-order valence-electron chi connectivity index (χ4n) is 2.64. The van der Waals surface area contributed by atoms with Crippen LogP contribution in [0.5, 0.6) is 5.75 Å². The SMILES string of the molecule is CCOC(=O)c1cc(-c2ccc(-c3ccc(OC)cc3)c(Br)c2)ncc1Cl. The maximum Gasteiger partial charge on any atom is 0.339 e. The van der Waals surface area contributed by atoms with Gasteiger partial charge in [0.05, 0.1) is 30.0 Å². The lowest BCUT2D eigenvalue weighted by Gasteiger charge is -2.10. The molecule has 3 aromatic rings. The number of esters is 1. The van der Waals surface area contributed by atoms with Crippen LogP contribution >= 0.6 is 27.5 Å². The predicted molar refractivity (Wildman–Crippen MR) is 110 cm³/mol. The monoisotopic (exact) mass is 445 g/mol. The standard InChI is InChI=1S/C21H17BrClNO3/c1-3-27-21(25)17-11-20(24-12-19(17)23)14-6-9-16(18(22)10-14)13-4-7-15(26-2)8-5-13/h4-12H,3H2,1-2H3. The number of hydrogen-bond donors (Lipinski definition) is 0. The van der Waals surface area contributed by atoms with Gasteiger partial charge in [0.25, 0.3) is 0 Å². The van der Waals surface area contributed by atoms with Gasteiger partial charge in [-0.2, -0.15) is 0 Å². The number of halogens is 2. The van der Waals surface area contributed by atoms with Gasteiger partial charge < -0.3 is 9.47 Å². The molecule has 6 heteroatoms. The Morgan fingerprint density at radius 2 is 1.81 bits per heavy atom. The number of rotatable bonds is 5. The maximum absolute atomic E-state index is 12.1. The molecule has 0 aliphatic carbocycles. The first-order chi connectivity index (χ1) is 13.0. The lowest BCUT2D eigenvalue weighted by molar-refractivity contribution is 0.0526. The van der Waals surface area contributed by atoms with Gasteiger partial charge in [-0.1, -0.05) is 51.8 Å². The zero-order valence-electron chi connectivity index (χ0n) is 14.8. The molecule has 0 fully saturated rings. The van der Waals surface area contributed by atoms with Gasteiger partial charge in [-0.25, -0.2) is 4.79 Å². The second-order valence-corrected chi connectivity index (χ2v) is 6.95. The number of nitrogens with zero attached hydrogens (tertiary/aromatic N) is 1. The van der Waals surface area contributed by atoms with E-state index < -0.39 is 5.97 Å². The van der Waals surface area contributed by atoms with Crippen molar-refractivity contribution in [2.75, 3.05) is 13.7 Å². The van der Waals surface area contributed by atoms with Crippen LogP contribution < -0.4 is 4.74 Å². The van der Waals surface area contributed by atoms with Crippen molar-refractivity contribution in [3.05, 3.63) is 69.8 Å². The quantitative estimate of drug-likeness (QED) is 0.450. The average molecular weight is 447 g/mol. The summed E-state index contributed by atoms with van der Waals surface area (Å²) in [5, 5.41) is 0.270. The number of aromatic nitrogens is 1. The first kappa shape index (κ1) is 19.4. The van der Waals surface area contributed by atoms with E-state index in [1.807, 2.05) is 42.5 Å². The van der Waals surface area contributed by atoms with Crippen molar-refractivity contribution in [2.45, 2.75) is 6.92 Å². The number of hydrogen-bond acceptors (Lipinski definition) is 4. The van der Waals surface area contributed by atoms with E-state index in [2.05, 4.69) is 20.9 Å². The molecule has 0 amide bonds. The minimum absolute atomic E-state index is 0.270. The molecule has 0 unspecified atom stereocenters. The third-order valence-electron chi connectivity index (χ3n) is 4.02. The first-order valence-corrected chi connectivity index (χ1v) is 9.47. The molecule has 0 N–H and O–H groups in total. The molecule has 3 rings (SSSR count). The molecule has 0 radical (unpaired) electrons. The topological polar surface area (TPSA) is 48.4 Å². The van der Waals surface area contributed by atoms with Gasteiger partial charge in [0.1, 0.15) is 5.75 Å².